The Morgan fingerprint density at radius 1 is 1.33 bits per heavy atom. The van der Waals surface area contributed by atoms with Crippen LogP contribution in [0.3, 0.4) is 0 Å². The van der Waals surface area contributed by atoms with Gasteiger partial charge in [0.2, 0.25) is 5.91 Å². The molecule has 1 aromatic rings. The second-order valence-corrected chi connectivity index (χ2v) is 5.23. The zero-order chi connectivity index (χ0) is 12.4. The smallest absolute Gasteiger partial charge is 0.239 e. The molecule has 0 bridgehead atoms. The van der Waals surface area contributed by atoms with Crippen molar-refractivity contribution >= 4 is 5.91 Å². The first kappa shape index (κ1) is 11.7. The quantitative estimate of drug-likeness (QED) is 0.803. The molecule has 1 aliphatic carbocycles. The Morgan fingerprint density at radius 3 is 2.94 bits per heavy atom. The van der Waals surface area contributed by atoms with Crippen LogP contribution in [0.1, 0.15) is 25.7 Å². The Morgan fingerprint density at radius 2 is 2.22 bits per heavy atom. The van der Waals surface area contributed by atoms with Crippen molar-refractivity contribution in [3.05, 3.63) is 18.5 Å². The number of amides is 1. The molecule has 1 N–H and O–H groups in total. The molecule has 1 unspecified atom stereocenters. The largest absolute Gasteiger partial charge is 0.341 e. The number of carbonyl (C=O) groups is 1. The summed E-state index contributed by atoms with van der Waals surface area (Å²) in [6.45, 7) is 2.64. The van der Waals surface area contributed by atoms with Crippen LogP contribution in [0.4, 0.5) is 0 Å². The summed E-state index contributed by atoms with van der Waals surface area (Å²) >= 11 is 0. The number of hydrogen-bond acceptors (Lipinski definition) is 3. The lowest BCUT2D eigenvalue weighted by Gasteiger charge is -2.17. The summed E-state index contributed by atoms with van der Waals surface area (Å²) in [6, 6.07) is 2.63. The highest BCUT2D eigenvalue weighted by Crippen LogP contribution is 2.22. The number of carbonyl (C=O) groups excluding carboxylic acids is 1. The van der Waals surface area contributed by atoms with Crippen molar-refractivity contribution in [1.29, 1.82) is 0 Å². The Bertz CT molecular complexity index is 399. The van der Waals surface area contributed by atoms with E-state index in [1.54, 1.807) is 6.20 Å². The number of aryl methyl sites for hydroxylation is 1. The van der Waals surface area contributed by atoms with Crippen molar-refractivity contribution < 1.29 is 4.79 Å². The Kier molecular flexibility index (Phi) is 3.32. The molecule has 5 nitrogen and oxygen atoms in total. The summed E-state index contributed by atoms with van der Waals surface area (Å²) in [4.78, 5) is 14.1. The highest BCUT2D eigenvalue weighted by Gasteiger charge is 2.35. The molecular formula is C13H20N4O. The molecule has 0 aromatic carbocycles. The molecule has 18 heavy (non-hydrogen) atoms. The summed E-state index contributed by atoms with van der Waals surface area (Å²) < 4.78 is 1.92. The first-order chi connectivity index (χ1) is 8.83. The fourth-order valence-corrected chi connectivity index (χ4v) is 2.51. The first-order valence-corrected chi connectivity index (χ1v) is 6.85. The van der Waals surface area contributed by atoms with Crippen molar-refractivity contribution in [2.75, 3.05) is 13.1 Å². The van der Waals surface area contributed by atoms with E-state index in [0.717, 1.165) is 32.5 Å². The van der Waals surface area contributed by atoms with Crippen LogP contribution in [0.25, 0.3) is 0 Å². The number of hydrogen-bond donors (Lipinski definition) is 1. The van der Waals surface area contributed by atoms with Crippen LogP contribution in [-0.4, -0.2) is 45.8 Å². The van der Waals surface area contributed by atoms with Gasteiger partial charge < -0.3 is 10.2 Å². The van der Waals surface area contributed by atoms with E-state index < -0.39 is 0 Å². The molecule has 2 heterocycles. The van der Waals surface area contributed by atoms with Crippen LogP contribution in [0, 0.1) is 0 Å². The number of nitrogens with one attached hydrogen (secondary N) is 1. The minimum atomic E-state index is 0.0854. The Balaban J connectivity index is 1.41. The van der Waals surface area contributed by atoms with Crippen molar-refractivity contribution in [3.63, 3.8) is 0 Å². The van der Waals surface area contributed by atoms with Crippen LogP contribution in [0.5, 0.6) is 0 Å². The summed E-state index contributed by atoms with van der Waals surface area (Å²) in [5.41, 5.74) is 0. The van der Waals surface area contributed by atoms with Crippen LogP contribution >= 0.6 is 0 Å². The molecule has 0 spiro atoms. The minimum absolute atomic E-state index is 0.0854. The fourth-order valence-electron chi connectivity index (χ4n) is 2.51. The van der Waals surface area contributed by atoms with E-state index in [2.05, 4.69) is 10.4 Å². The van der Waals surface area contributed by atoms with Gasteiger partial charge in [-0.2, -0.15) is 5.10 Å². The number of nitrogens with zero attached hydrogens (tertiary/aromatic N) is 3. The third kappa shape index (κ3) is 2.72. The van der Waals surface area contributed by atoms with Gasteiger partial charge in [0.25, 0.3) is 0 Å². The highest BCUT2D eigenvalue weighted by atomic mass is 16.2. The lowest BCUT2D eigenvalue weighted by molar-refractivity contribution is -0.129. The van der Waals surface area contributed by atoms with Gasteiger partial charge in [-0.15, -0.1) is 0 Å². The molecular weight excluding hydrogens is 228 g/mol. The molecule has 1 aliphatic heterocycles. The van der Waals surface area contributed by atoms with Crippen LogP contribution in [0.2, 0.25) is 0 Å². The molecule has 3 rings (SSSR count). The second-order valence-electron chi connectivity index (χ2n) is 5.23. The van der Waals surface area contributed by atoms with Gasteiger partial charge in [-0.25, -0.2) is 0 Å². The number of rotatable bonds is 6. The predicted octanol–water partition coefficient (Wildman–Crippen LogP) is 0.626. The van der Waals surface area contributed by atoms with Crippen molar-refractivity contribution in [2.24, 2.45) is 0 Å². The summed E-state index contributed by atoms with van der Waals surface area (Å²) in [5, 5.41) is 7.59. The van der Waals surface area contributed by atoms with E-state index in [9.17, 15) is 4.79 Å². The second kappa shape index (κ2) is 5.10. The SMILES string of the molecule is O=C1C(NC2CC2)CCN1CCCn1cccn1. The molecule has 1 aromatic heterocycles. The molecule has 1 atom stereocenters. The highest BCUT2D eigenvalue weighted by molar-refractivity contribution is 5.84. The number of likely N-dealkylation sites (tertiary alicyclic amines) is 1. The standard InChI is InChI=1S/C13H20N4O/c18-13-12(15-11-3-4-11)5-10-16(13)7-2-9-17-8-1-6-14-17/h1,6,8,11-12,15H,2-5,7,9-10H2. The van der Waals surface area contributed by atoms with E-state index in [4.69, 9.17) is 0 Å². The minimum Gasteiger partial charge on any atom is -0.341 e. The van der Waals surface area contributed by atoms with Crippen molar-refractivity contribution in [3.8, 4) is 0 Å². The van der Waals surface area contributed by atoms with Crippen molar-refractivity contribution in [1.82, 2.24) is 20.0 Å². The van der Waals surface area contributed by atoms with Crippen LogP contribution < -0.4 is 5.32 Å². The summed E-state index contributed by atoms with van der Waals surface area (Å²) in [7, 11) is 0. The van der Waals surface area contributed by atoms with Gasteiger partial charge in [0.15, 0.2) is 0 Å². The molecule has 2 fully saturated rings. The van der Waals surface area contributed by atoms with E-state index >= 15 is 0 Å². The third-order valence-corrected chi connectivity index (χ3v) is 3.69. The van der Waals surface area contributed by atoms with Gasteiger partial charge in [-0.1, -0.05) is 0 Å². The van der Waals surface area contributed by atoms with Gasteiger partial charge in [0.1, 0.15) is 0 Å². The predicted molar refractivity (Wildman–Crippen MR) is 68.0 cm³/mol. The molecule has 1 amide bonds. The van der Waals surface area contributed by atoms with E-state index in [1.807, 2.05) is 21.8 Å². The zero-order valence-corrected chi connectivity index (χ0v) is 10.6. The maximum Gasteiger partial charge on any atom is 0.239 e. The Hall–Kier alpha value is -1.36. The Labute approximate surface area is 107 Å². The van der Waals surface area contributed by atoms with Gasteiger partial charge >= 0.3 is 0 Å². The molecule has 2 aliphatic rings. The third-order valence-electron chi connectivity index (χ3n) is 3.69. The summed E-state index contributed by atoms with van der Waals surface area (Å²) in [5.74, 6) is 0.294. The number of aromatic nitrogens is 2. The summed E-state index contributed by atoms with van der Waals surface area (Å²) in [6.07, 6.45) is 8.17. The topological polar surface area (TPSA) is 50.2 Å². The molecule has 98 valence electrons. The van der Waals surface area contributed by atoms with Crippen LogP contribution in [0.15, 0.2) is 18.5 Å². The van der Waals surface area contributed by atoms with E-state index in [1.165, 1.54) is 12.8 Å². The van der Waals surface area contributed by atoms with Gasteiger partial charge in [-0.3, -0.25) is 9.48 Å². The average Bonchev–Trinajstić information content (AvgIpc) is 2.91. The molecule has 0 radical (unpaired) electrons. The molecule has 1 saturated heterocycles. The van der Waals surface area contributed by atoms with Gasteiger partial charge in [0, 0.05) is 38.1 Å². The van der Waals surface area contributed by atoms with Gasteiger partial charge in [0.05, 0.1) is 6.04 Å². The monoisotopic (exact) mass is 248 g/mol. The van der Waals surface area contributed by atoms with Crippen molar-refractivity contribution in [2.45, 2.75) is 44.3 Å². The van der Waals surface area contributed by atoms with E-state index in [0.29, 0.717) is 11.9 Å². The maximum absolute atomic E-state index is 12.1. The molecule has 5 heteroatoms. The molecule has 1 saturated carbocycles. The van der Waals surface area contributed by atoms with Crippen LogP contribution in [-0.2, 0) is 11.3 Å². The zero-order valence-electron chi connectivity index (χ0n) is 10.6. The van der Waals surface area contributed by atoms with Gasteiger partial charge in [-0.05, 0) is 31.7 Å². The fraction of sp³-hybridized carbons (Fsp3) is 0.692. The normalized spacial score (nSPS) is 23.9. The average molecular weight is 248 g/mol. The van der Waals surface area contributed by atoms with E-state index in [-0.39, 0.29) is 6.04 Å². The first-order valence-electron chi connectivity index (χ1n) is 6.85. The maximum atomic E-state index is 12.1. The lowest BCUT2D eigenvalue weighted by atomic mass is 10.2. The lowest BCUT2D eigenvalue weighted by Crippen LogP contribution is -2.39.